The van der Waals surface area contributed by atoms with E-state index < -0.39 is 0 Å². The number of amides is 2. The molecule has 0 aliphatic carbocycles. The molecular formula is C22H22N4O2. The molecule has 142 valence electrons. The van der Waals surface area contributed by atoms with Gasteiger partial charge in [-0.2, -0.15) is 5.10 Å². The molecule has 4 rings (SSSR count). The Morgan fingerprint density at radius 3 is 2.57 bits per heavy atom. The summed E-state index contributed by atoms with van der Waals surface area (Å²) in [4.78, 5) is 26.3. The predicted molar refractivity (Wildman–Crippen MR) is 111 cm³/mol. The molecule has 2 amide bonds. The van der Waals surface area contributed by atoms with Crippen LogP contribution in [0.2, 0.25) is 0 Å². The predicted octanol–water partition coefficient (Wildman–Crippen LogP) is 3.46. The molecule has 1 saturated heterocycles. The van der Waals surface area contributed by atoms with Crippen LogP contribution in [0.25, 0.3) is 10.9 Å². The molecule has 1 fully saturated rings. The Morgan fingerprint density at radius 2 is 1.86 bits per heavy atom. The van der Waals surface area contributed by atoms with Crippen LogP contribution in [0.5, 0.6) is 0 Å². The SMILES string of the molecule is C/C(=N/NC(=O)c1cn(C)c2ccccc12)c1ccc(N2CCCC2=O)cc1. The number of hydrogen-bond acceptors (Lipinski definition) is 3. The van der Waals surface area contributed by atoms with Crippen LogP contribution in [0, 0.1) is 0 Å². The summed E-state index contributed by atoms with van der Waals surface area (Å²) in [5.74, 6) is -0.0732. The summed E-state index contributed by atoms with van der Waals surface area (Å²) >= 11 is 0. The van der Waals surface area contributed by atoms with E-state index in [1.807, 2.05) is 73.3 Å². The van der Waals surface area contributed by atoms with E-state index >= 15 is 0 Å². The van der Waals surface area contributed by atoms with Crippen molar-refractivity contribution < 1.29 is 9.59 Å². The molecule has 1 aromatic heterocycles. The average molecular weight is 374 g/mol. The van der Waals surface area contributed by atoms with E-state index in [1.54, 1.807) is 4.90 Å². The number of carbonyl (C=O) groups is 2. The summed E-state index contributed by atoms with van der Waals surface area (Å²) in [7, 11) is 1.92. The van der Waals surface area contributed by atoms with Crippen molar-refractivity contribution in [2.75, 3.05) is 11.4 Å². The first-order valence-electron chi connectivity index (χ1n) is 9.34. The number of carbonyl (C=O) groups excluding carboxylic acids is 2. The van der Waals surface area contributed by atoms with Crippen molar-refractivity contribution in [2.24, 2.45) is 12.1 Å². The van der Waals surface area contributed by atoms with Gasteiger partial charge in [0.05, 0.1) is 11.3 Å². The quantitative estimate of drug-likeness (QED) is 0.561. The van der Waals surface area contributed by atoms with Gasteiger partial charge in [-0.1, -0.05) is 30.3 Å². The summed E-state index contributed by atoms with van der Waals surface area (Å²) in [5, 5.41) is 5.15. The molecule has 0 unspecified atom stereocenters. The van der Waals surface area contributed by atoms with Gasteiger partial charge in [0.1, 0.15) is 0 Å². The second-order valence-corrected chi connectivity index (χ2v) is 7.00. The fraction of sp³-hybridized carbons (Fsp3) is 0.227. The Balaban J connectivity index is 1.49. The smallest absolute Gasteiger partial charge is 0.273 e. The zero-order chi connectivity index (χ0) is 19.7. The molecule has 2 aromatic carbocycles. The number of rotatable bonds is 4. The third-order valence-corrected chi connectivity index (χ3v) is 5.14. The topological polar surface area (TPSA) is 66.7 Å². The molecule has 0 saturated carbocycles. The molecule has 2 heterocycles. The maximum atomic E-state index is 12.6. The Labute approximate surface area is 163 Å². The van der Waals surface area contributed by atoms with Gasteiger partial charge in [0.25, 0.3) is 5.91 Å². The Kier molecular flexibility index (Phi) is 4.69. The average Bonchev–Trinajstić information content (AvgIpc) is 3.30. The van der Waals surface area contributed by atoms with Crippen molar-refractivity contribution in [3.63, 3.8) is 0 Å². The molecule has 6 nitrogen and oxygen atoms in total. The molecule has 0 atom stereocenters. The van der Waals surface area contributed by atoms with Crippen molar-refractivity contribution >= 4 is 34.1 Å². The molecular weight excluding hydrogens is 352 g/mol. The first-order chi connectivity index (χ1) is 13.5. The molecule has 0 bridgehead atoms. The van der Waals surface area contributed by atoms with Gasteiger partial charge >= 0.3 is 0 Å². The summed E-state index contributed by atoms with van der Waals surface area (Å²) in [6.45, 7) is 2.62. The highest BCUT2D eigenvalue weighted by molar-refractivity contribution is 6.08. The van der Waals surface area contributed by atoms with E-state index in [9.17, 15) is 9.59 Å². The minimum absolute atomic E-state index is 0.167. The standard InChI is InChI=1S/C22H22N4O2/c1-15(16-9-11-17(12-10-16)26-13-5-8-21(26)27)23-24-22(28)19-14-25(2)20-7-4-3-6-18(19)20/h3-4,6-7,9-12,14H,5,8,13H2,1-2H3,(H,24,28)/b23-15-. The highest BCUT2D eigenvalue weighted by atomic mass is 16.2. The summed E-state index contributed by atoms with van der Waals surface area (Å²) in [5.41, 5.74) is 6.75. The monoisotopic (exact) mass is 374 g/mol. The van der Waals surface area contributed by atoms with Gasteiger partial charge in [-0.15, -0.1) is 0 Å². The van der Waals surface area contributed by atoms with E-state index in [2.05, 4.69) is 10.5 Å². The molecule has 0 radical (unpaired) electrons. The van der Waals surface area contributed by atoms with Crippen molar-refractivity contribution in [1.82, 2.24) is 9.99 Å². The lowest BCUT2D eigenvalue weighted by atomic mass is 10.1. The summed E-state index contributed by atoms with van der Waals surface area (Å²) in [6, 6.07) is 15.5. The van der Waals surface area contributed by atoms with Crippen LogP contribution in [0.1, 0.15) is 35.7 Å². The number of nitrogens with one attached hydrogen (secondary N) is 1. The summed E-state index contributed by atoms with van der Waals surface area (Å²) in [6.07, 6.45) is 3.33. The van der Waals surface area contributed by atoms with Crippen molar-refractivity contribution in [2.45, 2.75) is 19.8 Å². The van der Waals surface area contributed by atoms with Crippen LogP contribution in [-0.4, -0.2) is 28.6 Å². The van der Waals surface area contributed by atoms with E-state index in [-0.39, 0.29) is 11.8 Å². The van der Waals surface area contributed by atoms with E-state index in [0.717, 1.165) is 35.1 Å². The van der Waals surface area contributed by atoms with Crippen molar-refractivity contribution in [3.05, 3.63) is 65.9 Å². The molecule has 0 spiro atoms. The first kappa shape index (κ1) is 18.0. The number of aromatic nitrogens is 1. The Hall–Kier alpha value is -3.41. The van der Waals surface area contributed by atoms with E-state index in [1.165, 1.54) is 0 Å². The minimum Gasteiger partial charge on any atom is -0.350 e. The number of nitrogens with zero attached hydrogens (tertiary/aromatic N) is 3. The third kappa shape index (κ3) is 3.29. The number of hydrazone groups is 1. The van der Waals surface area contributed by atoms with Gasteiger partial charge in [-0.3, -0.25) is 9.59 Å². The zero-order valence-corrected chi connectivity index (χ0v) is 16.0. The van der Waals surface area contributed by atoms with Gasteiger partial charge in [-0.25, -0.2) is 5.43 Å². The second kappa shape index (κ2) is 7.31. The zero-order valence-electron chi connectivity index (χ0n) is 16.0. The number of hydrogen-bond donors (Lipinski definition) is 1. The third-order valence-electron chi connectivity index (χ3n) is 5.14. The molecule has 1 N–H and O–H groups in total. The van der Waals surface area contributed by atoms with Gasteiger partial charge < -0.3 is 9.47 Å². The molecule has 28 heavy (non-hydrogen) atoms. The van der Waals surface area contributed by atoms with E-state index in [4.69, 9.17) is 0 Å². The van der Waals surface area contributed by atoms with Crippen LogP contribution in [0.15, 0.2) is 59.8 Å². The number of benzene rings is 2. The number of para-hydroxylation sites is 1. The van der Waals surface area contributed by atoms with Crippen LogP contribution in [-0.2, 0) is 11.8 Å². The van der Waals surface area contributed by atoms with Crippen LogP contribution in [0.3, 0.4) is 0 Å². The lowest BCUT2D eigenvalue weighted by Gasteiger charge is -2.15. The normalized spacial score (nSPS) is 14.7. The lowest BCUT2D eigenvalue weighted by Crippen LogP contribution is -2.23. The van der Waals surface area contributed by atoms with Gasteiger partial charge in [-0.05, 0) is 37.1 Å². The van der Waals surface area contributed by atoms with Gasteiger partial charge in [0.2, 0.25) is 5.91 Å². The fourth-order valence-electron chi connectivity index (χ4n) is 3.59. The second-order valence-electron chi connectivity index (χ2n) is 7.00. The highest BCUT2D eigenvalue weighted by Crippen LogP contribution is 2.22. The minimum atomic E-state index is -0.240. The van der Waals surface area contributed by atoms with Crippen LogP contribution in [0.4, 0.5) is 5.69 Å². The van der Waals surface area contributed by atoms with Crippen molar-refractivity contribution in [1.29, 1.82) is 0 Å². The first-order valence-corrected chi connectivity index (χ1v) is 9.34. The Morgan fingerprint density at radius 1 is 1.11 bits per heavy atom. The maximum Gasteiger partial charge on any atom is 0.273 e. The Bertz CT molecular complexity index is 1080. The lowest BCUT2D eigenvalue weighted by molar-refractivity contribution is -0.117. The molecule has 1 aliphatic rings. The largest absolute Gasteiger partial charge is 0.350 e. The molecule has 6 heteroatoms. The number of aryl methyl sites for hydroxylation is 1. The van der Waals surface area contributed by atoms with Crippen molar-refractivity contribution in [3.8, 4) is 0 Å². The highest BCUT2D eigenvalue weighted by Gasteiger charge is 2.21. The van der Waals surface area contributed by atoms with E-state index in [0.29, 0.717) is 17.7 Å². The number of fused-ring (bicyclic) bond motifs is 1. The number of anilines is 1. The maximum absolute atomic E-state index is 12.6. The summed E-state index contributed by atoms with van der Waals surface area (Å²) < 4.78 is 1.93. The van der Waals surface area contributed by atoms with Crippen LogP contribution < -0.4 is 10.3 Å². The molecule has 1 aliphatic heterocycles. The fourth-order valence-corrected chi connectivity index (χ4v) is 3.59. The molecule has 3 aromatic rings. The van der Waals surface area contributed by atoms with Gasteiger partial charge in [0, 0.05) is 42.8 Å². The van der Waals surface area contributed by atoms with Gasteiger partial charge in [0.15, 0.2) is 0 Å². The van der Waals surface area contributed by atoms with Crippen LogP contribution >= 0.6 is 0 Å².